The number of carbonyl (C=O) groups excluding carboxylic acids is 3. The standard InChI is InChI=1S/C54H73N13O7S/c1-33-34(2)63-64-48(33)62-49-41-27-46(75(71,72)54(4,5)6)45(28-43(41)58-32-59-49)73-25-24-65-20-22-66(23-21-65)53-56-29-39(30-57-53)74-38-26-44(51(69)60-42-19-13-17-36-14-11-12-18-40(36)42)67(31-38)52(70)47(37-15-9-8-10-16-37)61-50(68)35(3)55-7/h11-12,14,18,27-30,32,35,37-38,42,44,47,55H,8-10,13,15-17,19-26,31H2,1-7H3,(H,60,69)(H,61,68)(H2,58,59,62,63,64)/t35-,38-,42+,44-,47?/m0/s1. The number of amides is 3. The minimum absolute atomic E-state index is 0.0380. The molecular weight excluding hydrogens is 975 g/mol. The van der Waals surface area contributed by atoms with Crippen molar-refractivity contribution in [3.63, 3.8) is 0 Å². The SMILES string of the molecule is CN[C@@H](C)C(=O)NC(C(=O)N1C[C@@H](Oc2cnc(N3CCN(CCOc4cc5ncnc(Nc6n[nH]c(C)c6C)c5cc4S(=O)(=O)C(C)(C)C)CC3)nc2)C[C@H]1C(=O)N[C@@H]1CCCc2ccccc21)C1CCCCC1. The summed E-state index contributed by atoms with van der Waals surface area (Å²) in [5, 5.41) is 20.5. The van der Waals surface area contributed by atoms with E-state index in [1.165, 1.54) is 11.9 Å². The van der Waals surface area contributed by atoms with Gasteiger partial charge in [-0.1, -0.05) is 43.5 Å². The smallest absolute Gasteiger partial charge is 0.246 e. The largest absolute Gasteiger partial charge is 0.491 e. The van der Waals surface area contributed by atoms with Crippen LogP contribution in [0.2, 0.25) is 0 Å². The molecule has 75 heavy (non-hydrogen) atoms. The number of hydrogen-bond acceptors (Lipinski definition) is 16. The van der Waals surface area contributed by atoms with Gasteiger partial charge in [-0.2, -0.15) is 5.10 Å². The summed E-state index contributed by atoms with van der Waals surface area (Å²) in [6.45, 7) is 14.3. The minimum atomic E-state index is -3.85. The van der Waals surface area contributed by atoms with Crippen molar-refractivity contribution in [2.75, 3.05) is 63.1 Å². The fourth-order valence-electron chi connectivity index (χ4n) is 10.7. The molecule has 0 bridgehead atoms. The molecule has 1 saturated carbocycles. The van der Waals surface area contributed by atoms with Gasteiger partial charge in [0.05, 0.1) is 41.3 Å². The first kappa shape index (κ1) is 53.4. The molecule has 2 saturated heterocycles. The number of piperazine rings is 1. The normalized spacial score (nSPS) is 20.5. The molecule has 402 valence electrons. The molecule has 0 radical (unpaired) electrons. The first-order valence-corrected chi connectivity index (χ1v) is 28.0. The summed E-state index contributed by atoms with van der Waals surface area (Å²) in [6.07, 6.45) is 11.9. The van der Waals surface area contributed by atoms with E-state index < -0.39 is 38.8 Å². The van der Waals surface area contributed by atoms with Crippen molar-refractivity contribution in [2.24, 2.45) is 5.92 Å². The summed E-state index contributed by atoms with van der Waals surface area (Å²) in [7, 11) is -2.14. The second-order valence-corrected chi connectivity index (χ2v) is 24.2. The molecule has 2 aliphatic heterocycles. The zero-order chi connectivity index (χ0) is 53.0. The first-order chi connectivity index (χ1) is 36.0. The number of fused-ring (bicyclic) bond motifs is 2. The third-order valence-electron chi connectivity index (χ3n) is 15.6. The third-order valence-corrected chi connectivity index (χ3v) is 18.1. The number of H-pyrrole nitrogens is 1. The van der Waals surface area contributed by atoms with E-state index in [4.69, 9.17) is 19.4 Å². The number of ether oxygens (including phenoxy) is 2. The van der Waals surface area contributed by atoms with Crippen LogP contribution in [0.3, 0.4) is 0 Å². The molecule has 1 unspecified atom stereocenters. The fraction of sp³-hybridized carbons (Fsp3) is 0.556. The summed E-state index contributed by atoms with van der Waals surface area (Å²) < 4.78 is 39.8. The Morgan fingerprint density at radius 3 is 2.37 bits per heavy atom. The first-order valence-electron chi connectivity index (χ1n) is 26.6. The van der Waals surface area contributed by atoms with Crippen LogP contribution in [0.5, 0.6) is 11.5 Å². The lowest BCUT2D eigenvalue weighted by Gasteiger charge is -2.35. The maximum atomic E-state index is 14.8. The number of carbonyl (C=O) groups is 3. The highest BCUT2D eigenvalue weighted by Gasteiger charge is 2.46. The molecule has 3 amide bonds. The van der Waals surface area contributed by atoms with Gasteiger partial charge in [0.2, 0.25) is 23.7 Å². The van der Waals surface area contributed by atoms with Gasteiger partial charge in [0.15, 0.2) is 21.4 Å². The van der Waals surface area contributed by atoms with E-state index in [0.29, 0.717) is 67.0 Å². The van der Waals surface area contributed by atoms with Crippen molar-refractivity contribution in [2.45, 2.75) is 139 Å². The molecule has 20 nitrogen and oxygen atoms in total. The Balaban J connectivity index is 0.838. The van der Waals surface area contributed by atoms with Gasteiger partial charge in [-0.25, -0.2) is 28.4 Å². The van der Waals surface area contributed by atoms with Crippen molar-refractivity contribution in [3.8, 4) is 11.5 Å². The maximum absolute atomic E-state index is 14.8. The molecule has 3 fully saturated rings. The number of anilines is 3. The van der Waals surface area contributed by atoms with Gasteiger partial charge in [-0.15, -0.1) is 0 Å². The second kappa shape index (κ2) is 22.8. The Morgan fingerprint density at radius 2 is 1.67 bits per heavy atom. The zero-order valence-electron chi connectivity index (χ0n) is 44.3. The lowest BCUT2D eigenvalue weighted by molar-refractivity contribution is -0.143. The van der Waals surface area contributed by atoms with Crippen LogP contribution in [0.15, 0.2) is 60.0 Å². The van der Waals surface area contributed by atoms with Crippen molar-refractivity contribution in [1.82, 2.24) is 55.9 Å². The predicted octanol–water partition coefficient (Wildman–Crippen LogP) is 5.49. The van der Waals surface area contributed by atoms with Crippen LogP contribution in [0.25, 0.3) is 10.9 Å². The van der Waals surface area contributed by atoms with Crippen LogP contribution in [0, 0.1) is 19.8 Å². The van der Waals surface area contributed by atoms with Crippen LogP contribution in [0.1, 0.15) is 107 Å². The molecule has 2 aromatic carbocycles. The van der Waals surface area contributed by atoms with Crippen molar-refractivity contribution in [3.05, 3.63) is 77.5 Å². The van der Waals surface area contributed by atoms with E-state index in [1.54, 1.807) is 64.2 Å². The Bertz CT molecular complexity index is 2950. The van der Waals surface area contributed by atoms with E-state index in [9.17, 15) is 22.8 Å². The van der Waals surface area contributed by atoms with Gasteiger partial charge < -0.3 is 40.5 Å². The predicted molar refractivity (Wildman–Crippen MR) is 286 cm³/mol. The van der Waals surface area contributed by atoms with Crippen LogP contribution < -0.4 is 35.6 Å². The number of likely N-dealkylation sites (N-methyl/N-ethyl adjacent to an activating group) is 1. The van der Waals surface area contributed by atoms with Gasteiger partial charge in [0, 0.05) is 61.9 Å². The van der Waals surface area contributed by atoms with Crippen LogP contribution in [-0.2, 0) is 30.6 Å². The number of aromatic nitrogens is 6. The molecule has 5 aromatic rings. The summed E-state index contributed by atoms with van der Waals surface area (Å²) in [6, 6.07) is 9.25. The number of nitrogens with zero attached hydrogens (tertiary/aromatic N) is 8. The summed E-state index contributed by atoms with van der Waals surface area (Å²) in [5.74, 6) is 1.46. The highest BCUT2D eigenvalue weighted by Crippen LogP contribution is 2.38. The molecule has 2 aliphatic carbocycles. The Hall–Kier alpha value is -6.45. The molecule has 9 rings (SSSR count). The van der Waals surface area contributed by atoms with Gasteiger partial charge >= 0.3 is 0 Å². The van der Waals surface area contributed by atoms with Gasteiger partial charge in [0.1, 0.15) is 47.6 Å². The topological polar surface area (TPSA) is 242 Å². The van der Waals surface area contributed by atoms with Crippen molar-refractivity contribution < 1.29 is 32.3 Å². The molecule has 5 atom stereocenters. The van der Waals surface area contributed by atoms with Gasteiger partial charge in [-0.05, 0) is 104 Å². The molecule has 5 heterocycles. The number of aryl methyl sites for hydroxylation is 2. The number of nitrogens with one attached hydrogen (secondary N) is 5. The number of hydrogen-bond donors (Lipinski definition) is 5. The van der Waals surface area contributed by atoms with Gasteiger partial charge in [0.25, 0.3) is 0 Å². The zero-order valence-corrected chi connectivity index (χ0v) is 45.1. The van der Waals surface area contributed by atoms with E-state index in [-0.39, 0.29) is 59.9 Å². The summed E-state index contributed by atoms with van der Waals surface area (Å²) in [4.78, 5) is 67.0. The molecule has 3 aromatic heterocycles. The van der Waals surface area contributed by atoms with E-state index in [1.807, 2.05) is 26.0 Å². The monoisotopic (exact) mass is 1050 g/mol. The lowest BCUT2D eigenvalue weighted by Crippen LogP contribution is -2.58. The van der Waals surface area contributed by atoms with E-state index in [0.717, 1.165) is 68.2 Å². The number of rotatable bonds is 17. The second-order valence-electron chi connectivity index (χ2n) is 21.5. The molecule has 5 N–H and O–H groups in total. The summed E-state index contributed by atoms with van der Waals surface area (Å²) >= 11 is 0. The number of aromatic amines is 1. The Kier molecular flexibility index (Phi) is 16.2. The number of sulfone groups is 1. The third kappa shape index (κ3) is 11.8. The molecule has 21 heteroatoms. The Labute approximate surface area is 439 Å². The molecule has 0 spiro atoms. The average molecular weight is 1050 g/mol. The quantitative estimate of drug-likeness (QED) is 0.0773. The molecule has 4 aliphatic rings. The van der Waals surface area contributed by atoms with Crippen molar-refractivity contribution in [1.29, 1.82) is 0 Å². The van der Waals surface area contributed by atoms with E-state index >= 15 is 0 Å². The maximum Gasteiger partial charge on any atom is 0.246 e. The highest BCUT2D eigenvalue weighted by atomic mass is 32.2. The number of likely N-dealkylation sites (tertiary alicyclic amines) is 1. The average Bonchev–Trinajstić information content (AvgIpc) is 3.98. The molecular formula is C54H73N13O7S. The fourth-order valence-corrected chi connectivity index (χ4v) is 12.0. The highest BCUT2D eigenvalue weighted by molar-refractivity contribution is 7.92. The van der Waals surface area contributed by atoms with Crippen LogP contribution in [-0.4, -0.2) is 148 Å². The van der Waals surface area contributed by atoms with Crippen LogP contribution in [0.4, 0.5) is 17.6 Å². The van der Waals surface area contributed by atoms with E-state index in [2.05, 4.69) is 63.4 Å². The van der Waals surface area contributed by atoms with Gasteiger partial charge in [-0.3, -0.25) is 24.4 Å². The lowest BCUT2D eigenvalue weighted by atomic mass is 9.83. The van der Waals surface area contributed by atoms with Crippen molar-refractivity contribution >= 4 is 56.0 Å². The van der Waals surface area contributed by atoms with Crippen LogP contribution >= 0.6 is 0 Å². The Morgan fingerprint density at radius 1 is 0.920 bits per heavy atom. The summed E-state index contributed by atoms with van der Waals surface area (Å²) in [5.41, 5.74) is 4.69. The number of benzene rings is 2. The minimum Gasteiger partial charge on any atom is -0.491 e.